The van der Waals surface area contributed by atoms with Gasteiger partial charge in [-0.1, -0.05) is 17.4 Å². The molecule has 2 aromatic carbocycles. The summed E-state index contributed by atoms with van der Waals surface area (Å²) in [7, 11) is 0. The Kier molecular flexibility index (Phi) is 4.70. The summed E-state index contributed by atoms with van der Waals surface area (Å²) in [4.78, 5) is 17.1. The van der Waals surface area contributed by atoms with E-state index in [1.54, 1.807) is 4.68 Å². The van der Waals surface area contributed by atoms with E-state index in [-0.39, 0.29) is 12.3 Å². The van der Waals surface area contributed by atoms with Crippen molar-refractivity contribution in [3.8, 4) is 10.9 Å². The van der Waals surface area contributed by atoms with Crippen LogP contribution >= 0.6 is 11.3 Å². The normalized spacial score (nSPS) is 15.7. The minimum atomic E-state index is -0.939. The van der Waals surface area contributed by atoms with E-state index in [0.29, 0.717) is 28.8 Å². The van der Waals surface area contributed by atoms with E-state index in [2.05, 4.69) is 15.4 Å². The van der Waals surface area contributed by atoms with Crippen LogP contribution in [0.4, 0.5) is 14.6 Å². The molecule has 2 aromatic heterocycles. The highest BCUT2D eigenvalue weighted by atomic mass is 32.1. The molecule has 0 fully saturated rings. The molecule has 0 saturated heterocycles. The number of carbonyl (C=O) groups is 1. The molecule has 3 heterocycles. The number of benzene rings is 2. The van der Waals surface area contributed by atoms with Gasteiger partial charge in [0.05, 0.1) is 22.5 Å². The summed E-state index contributed by atoms with van der Waals surface area (Å²) in [5, 5.41) is 8.10. The number of nitrogens with zero attached hydrogens (tertiary/aromatic N) is 3. The molecule has 1 aliphatic heterocycles. The number of fused-ring (bicyclic) bond motifs is 2. The van der Waals surface area contributed by atoms with E-state index in [0.717, 1.165) is 33.7 Å². The lowest BCUT2D eigenvalue weighted by Gasteiger charge is -2.24. The number of halogens is 2. The average molecular weight is 440 g/mol. The van der Waals surface area contributed by atoms with Crippen LogP contribution in [-0.2, 0) is 4.79 Å². The van der Waals surface area contributed by atoms with Gasteiger partial charge in [-0.2, -0.15) is 9.78 Å². The molecule has 9 heteroatoms. The van der Waals surface area contributed by atoms with Gasteiger partial charge in [0.15, 0.2) is 11.6 Å². The fourth-order valence-electron chi connectivity index (χ4n) is 3.94. The number of rotatable bonds is 4. The van der Waals surface area contributed by atoms with Gasteiger partial charge in [0.2, 0.25) is 11.0 Å². The molecule has 4 aromatic rings. The molecule has 0 saturated carbocycles. The lowest BCUT2D eigenvalue weighted by molar-refractivity contribution is -0.116. The molecule has 0 aliphatic carbocycles. The summed E-state index contributed by atoms with van der Waals surface area (Å²) in [6.07, 6.45) is 0.127. The van der Waals surface area contributed by atoms with Crippen molar-refractivity contribution in [2.75, 3.05) is 11.9 Å². The summed E-state index contributed by atoms with van der Waals surface area (Å²) >= 11 is 1.43. The molecule has 0 radical (unpaired) electrons. The van der Waals surface area contributed by atoms with Gasteiger partial charge >= 0.3 is 0 Å². The van der Waals surface area contributed by atoms with Crippen molar-refractivity contribution in [1.29, 1.82) is 0 Å². The zero-order chi connectivity index (χ0) is 21.7. The molecule has 0 unspecified atom stereocenters. The first kappa shape index (κ1) is 19.6. The Bertz CT molecular complexity index is 1330. The van der Waals surface area contributed by atoms with Crippen molar-refractivity contribution in [2.45, 2.75) is 26.2 Å². The molecule has 5 rings (SSSR count). The van der Waals surface area contributed by atoms with Crippen LogP contribution in [0.2, 0.25) is 0 Å². The van der Waals surface area contributed by atoms with E-state index >= 15 is 0 Å². The van der Waals surface area contributed by atoms with Crippen molar-refractivity contribution >= 4 is 33.3 Å². The molecular weight excluding hydrogens is 422 g/mol. The molecule has 0 spiro atoms. The summed E-state index contributed by atoms with van der Waals surface area (Å²) in [5.74, 6) is -1.23. The van der Waals surface area contributed by atoms with Gasteiger partial charge in [-0.15, -0.1) is 0 Å². The Balaban J connectivity index is 1.62. The number of ether oxygens (including phenoxy) is 1. The molecule has 6 nitrogen and oxygen atoms in total. The monoisotopic (exact) mass is 440 g/mol. The zero-order valence-electron chi connectivity index (χ0n) is 16.8. The zero-order valence-corrected chi connectivity index (χ0v) is 17.6. The largest absolute Gasteiger partial charge is 0.494 e. The second-order valence-electron chi connectivity index (χ2n) is 7.30. The number of carbonyl (C=O) groups excluding carboxylic acids is 1. The Hall–Kier alpha value is -3.33. The number of hydrogen-bond acceptors (Lipinski definition) is 5. The van der Waals surface area contributed by atoms with Crippen molar-refractivity contribution < 1.29 is 18.3 Å². The van der Waals surface area contributed by atoms with Crippen LogP contribution in [0.5, 0.6) is 5.75 Å². The van der Waals surface area contributed by atoms with Crippen LogP contribution in [-0.4, -0.2) is 27.3 Å². The van der Waals surface area contributed by atoms with Crippen LogP contribution in [0.3, 0.4) is 0 Å². The predicted molar refractivity (Wildman–Crippen MR) is 114 cm³/mol. The highest BCUT2D eigenvalue weighted by Gasteiger charge is 2.33. The maximum absolute atomic E-state index is 13.9. The van der Waals surface area contributed by atoms with Gasteiger partial charge in [0.25, 0.3) is 0 Å². The molecule has 0 bridgehead atoms. The maximum Gasteiger partial charge on any atom is 0.226 e. The quantitative estimate of drug-likeness (QED) is 0.488. The number of hydrogen-bond donors (Lipinski definition) is 1. The van der Waals surface area contributed by atoms with E-state index in [1.165, 1.54) is 17.4 Å². The van der Waals surface area contributed by atoms with Crippen LogP contribution in [0.25, 0.3) is 15.3 Å². The first-order valence-corrected chi connectivity index (χ1v) is 10.6. The SMILES string of the molecule is CCOc1ccc2nc(-n3nc(C)c4c3NC(=O)C[C@H]4c3ccc(F)c(F)c3)sc2c1. The van der Waals surface area contributed by atoms with E-state index < -0.39 is 17.6 Å². The third-order valence-corrected chi connectivity index (χ3v) is 6.28. The topological polar surface area (TPSA) is 69.0 Å². The third kappa shape index (κ3) is 3.34. The summed E-state index contributed by atoms with van der Waals surface area (Å²) in [6.45, 7) is 4.33. The Morgan fingerprint density at radius 3 is 2.84 bits per heavy atom. The van der Waals surface area contributed by atoms with Gasteiger partial charge in [-0.3, -0.25) is 4.79 Å². The minimum Gasteiger partial charge on any atom is -0.494 e. The Morgan fingerprint density at radius 2 is 2.06 bits per heavy atom. The predicted octanol–water partition coefficient (Wildman–Crippen LogP) is 4.94. The molecule has 1 aliphatic rings. The second-order valence-corrected chi connectivity index (χ2v) is 8.31. The fourth-order valence-corrected chi connectivity index (χ4v) is 4.89. The first-order valence-electron chi connectivity index (χ1n) is 9.82. The number of anilines is 1. The van der Waals surface area contributed by atoms with Gasteiger partial charge in [-0.05, 0) is 49.7 Å². The summed E-state index contributed by atoms with van der Waals surface area (Å²) in [5.41, 5.74) is 2.80. The molecule has 1 atom stereocenters. The molecule has 1 amide bonds. The van der Waals surface area contributed by atoms with E-state index in [1.807, 2.05) is 32.0 Å². The van der Waals surface area contributed by atoms with Crippen molar-refractivity contribution in [1.82, 2.24) is 14.8 Å². The number of thiazole rings is 1. The standard InChI is InChI=1S/C22H18F2N4O2S/c1-3-30-13-5-7-17-18(9-13)31-22(25-17)28-21-20(11(2)27-28)14(10-19(29)26-21)12-4-6-15(23)16(24)8-12/h4-9,14H,3,10H2,1-2H3,(H,26,29)/t14-/m0/s1. The van der Waals surface area contributed by atoms with Crippen molar-refractivity contribution in [3.05, 3.63) is 64.9 Å². The number of amides is 1. The number of aryl methyl sites for hydroxylation is 1. The number of nitrogens with one attached hydrogen (secondary N) is 1. The average Bonchev–Trinajstić information content (AvgIpc) is 3.30. The van der Waals surface area contributed by atoms with Crippen LogP contribution in [0.15, 0.2) is 36.4 Å². The van der Waals surface area contributed by atoms with Gasteiger partial charge in [0.1, 0.15) is 11.6 Å². The van der Waals surface area contributed by atoms with Crippen LogP contribution in [0, 0.1) is 18.6 Å². The molecule has 158 valence electrons. The lowest BCUT2D eigenvalue weighted by Crippen LogP contribution is -2.25. The first-order chi connectivity index (χ1) is 14.9. The van der Waals surface area contributed by atoms with E-state index in [4.69, 9.17) is 4.74 Å². The maximum atomic E-state index is 13.9. The molecule has 31 heavy (non-hydrogen) atoms. The van der Waals surface area contributed by atoms with Crippen molar-refractivity contribution in [2.24, 2.45) is 0 Å². The highest BCUT2D eigenvalue weighted by molar-refractivity contribution is 7.20. The molecular formula is C22H18F2N4O2S. The molecule has 1 N–H and O–H groups in total. The number of aromatic nitrogens is 3. The Labute approximate surface area is 180 Å². The summed E-state index contributed by atoms with van der Waals surface area (Å²) < 4.78 is 35.4. The van der Waals surface area contributed by atoms with Gasteiger partial charge in [0, 0.05) is 17.9 Å². The summed E-state index contributed by atoms with van der Waals surface area (Å²) in [6, 6.07) is 9.40. The van der Waals surface area contributed by atoms with Crippen molar-refractivity contribution in [3.63, 3.8) is 0 Å². The highest BCUT2D eigenvalue weighted by Crippen LogP contribution is 2.41. The fraction of sp³-hybridized carbons (Fsp3) is 0.227. The third-order valence-electron chi connectivity index (χ3n) is 5.29. The van der Waals surface area contributed by atoms with Gasteiger partial charge in [-0.25, -0.2) is 13.8 Å². The van der Waals surface area contributed by atoms with Crippen LogP contribution < -0.4 is 10.1 Å². The van der Waals surface area contributed by atoms with E-state index in [9.17, 15) is 13.6 Å². The second kappa shape index (κ2) is 7.42. The smallest absolute Gasteiger partial charge is 0.226 e. The van der Waals surface area contributed by atoms with Gasteiger partial charge < -0.3 is 10.1 Å². The lowest BCUT2D eigenvalue weighted by atomic mass is 9.86. The Morgan fingerprint density at radius 1 is 1.23 bits per heavy atom. The minimum absolute atomic E-state index is 0.127. The van der Waals surface area contributed by atoms with Crippen LogP contribution in [0.1, 0.15) is 36.1 Å².